The molecule has 1 aliphatic carbocycles. The van der Waals surface area contributed by atoms with E-state index in [0.717, 1.165) is 108 Å². The Hall–Kier alpha value is -12.6. The predicted molar refractivity (Wildman–Crippen MR) is 400 cm³/mol. The van der Waals surface area contributed by atoms with Crippen LogP contribution in [-0.2, 0) is 5.41 Å². The third kappa shape index (κ3) is 8.82. The summed E-state index contributed by atoms with van der Waals surface area (Å²) >= 11 is 0. The van der Waals surface area contributed by atoms with Crippen molar-refractivity contribution in [3.8, 4) is 0 Å². The minimum absolute atomic E-state index is 0.295. The van der Waals surface area contributed by atoms with Gasteiger partial charge in [-0.25, -0.2) is 19.9 Å². The van der Waals surface area contributed by atoms with Crippen molar-refractivity contribution in [1.82, 2.24) is 19.9 Å². The van der Waals surface area contributed by atoms with Crippen LogP contribution in [0.2, 0.25) is 0 Å². The summed E-state index contributed by atoms with van der Waals surface area (Å²) in [4.78, 5) is 34.4. The van der Waals surface area contributed by atoms with Crippen molar-refractivity contribution in [1.29, 1.82) is 0 Å². The first-order valence-corrected chi connectivity index (χ1v) is 33.2. The standard InChI is InChI=1S/C86H59B2N9/c1-10-31-59(32-11-1)70-49-30-52-86(70,60-33-12-2-13-34-60)80-68-53-76-73(55-72(68)87-71-50-28-29-51-75(71)95(65-43-22-7-23-44-65)84-81(87)69(80)54-78(91-84)93(61-35-14-3-15-36-61)62-37-16-4-17-38-62)88-74-57-89-58-90-83(74)97(67-47-26-9-27-48-67)77-56-79(92-85(82(77)88)96(76)66-45-24-8-25-46-66)94(63-39-18-5-19-40-63)64-41-20-6-21-42-64/h1-58,80H. The molecule has 4 aliphatic heterocycles. The van der Waals surface area contributed by atoms with E-state index in [-0.39, 0.29) is 19.3 Å². The number of nitrogens with zero attached hydrogens (tertiary/aromatic N) is 9. The summed E-state index contributed by atoms with van der Waals surface area (Å²) in [6.07, 6.45) is 10.9. The van der Waals surface area contributed by atoms with Crippen LogP contribution in [0.1, 0.15) is 28.2 Å². The molecule has 0 saturated carbocycles. The molecule has 2 atom stereocenters. The molecule has 0 saturated heterocycles. The molecule has 97 heavy (non-hydrogen) atoms. The summed E-state index contributed by atoms with van der Waals surface area (Å²) in [5, 5.41) is 0. The topological polar surface area (TPSA) is 67.8 Å². The van der Waals surface area contributed by atoms with E-state index in [2.05, 4.69) is 370 Å². The van der Waals surface area contributed by atoms with Gasteiger partial charge in [-0.15, -0.1) is 0 Å². The molecule has 0 bridgehead atoms. The van der Waals surface area contributed by atoms with E-state index in [1.807, 2.05) is 0 Å². The number of aromatic nitrogens is 4. The highest BCUT2D eigenvalue weighted by molar-refractivity contribution is 7.02. The van der Waals surface area contributed by atoms with Gasteiger partial charge in [0.25, 0.3) is 6.71 Å². The largest absolute Gasteiger partial charge is 0.296 e. The van der Waals surface area contributed by atoms with E-state index in [9.17, 15) is 0 Å². The smallest absolute Gasteiger partial charge is 0.258 e. The van der Waals surface area contributed by atoms with Crippen molar-refractivity contribution >= 4 is 138 Å². The zero-order valence-corrected chi connectivity index (χ0v) is 52.7. The zero-order valence-electron chi connectivity index (χ0n) is 52.7. The first kappa shape index (κ1) is 56.0. The number of allylic oxidation sites excluding steroid dienone is 4. The second-order valence-electron chi connectivity index (χ2n) is 25.3. The second kappa shape index (κ2) is 22.9. The van der Waals surface area contributed by atoms with Gasteiger partial charge in [0.05, 0.1) is 5.69 Å². The number of benzene rings is 11. The highest BCUT2D eigenvalue weighted by atomic mass is 15.3. The average molecular weight is 1240 g/mol. The molecule has 3 aromatic heterocycles. The van der Waals surface area contributed by atoms with Gasteiger partial charge in [-0.2, -0.15) is 0 Å². The van der Waals surface area contributed by atoms with E-state index < -0.39 is 5.41 Å². The van der Waals surface area contributed by atoms with Crippen molar-refractivity contribution in [2.24, 2.45) is 0 Å². The molecule has 11 aromatic carbocycles. The number of para-hydroxylation sites is 8. The molecule has 0 N–H and O–H groups in total. The highest BCUT2D eigenvalue weighted by Crippen LogP contribution is 2.58. The lowest BCUT2D eigenvalue weighted by Crippen LogP contribution is -2.66. The quantitative estimate of drug-likeness (QED) is 0.111. The van der Waals surface area contributed by atoms with Gasteiger partial charge in [-0.3, -0.25) is 24.5 Å². The zero-order chi connectivity index (χ0) is 64.0. The molecular weight excluding hydrogens is 1180 g/mol. The number of rotatable bonds is 12. The maximum atomic E-state index is 6.15. The number of fused-ring (bicyclic) bond motifs is 8. The van der Waals surface area contributed by atoms with Crippen LogP contribution < -0.4 is 57.3 Å². The lowest BCUT2D eigenvalue weighted by Gasteiger charge is -2.49. The summed E-state index contributed by atoms with van der Waals surface area (Å²) in [6, 6.07) is 116. The Morgan fingerprint density at radius 1 is 0.361 bits per heavy atom. The maximum Gasteiger partial charge on any atom is 0.258 e. The van der Waals surface area contributed by atoms with Gasteiger partial charge in [0, 0.05) is 74.8 Å². The molecule has 0 amide bonds. The van der Waals surface area contributed by atoms with Crippen LogP contribution in [0.15, 0.2) is 352 Å². The molecule has 9 nitrogen and oxygen atoms in total. The lowest BCUT2D eigenvalue weighted by molar-refractivity contribution is 0.603. The van der Waals surface area contributed by atoms with E-state index in [4.69, 9.17) is 19.9 Å². The molecule has 11 heteroatoms. The summed E-state index contributed by atoms with van der Waals surface area (Å²) in [7, 11) is 0. The van der Waals surface area contributed by atoms with Crippen LogP contribution in [0.4, 0.5) is 86.0 Å². The molecule has 0 fully saturated rings. The van der Waals surface area contributed by atoms with Crippen molar-refractivity contribution in [2.45, 2.75) is 11.3 Å². The Kier molecular flexibility index (Phi) is 13.2. The van der Waals surface area contributed by atoms with Crippen LogP contribution in [0.3, 0.4) is 0 Å². The van der Waals surface area contributed by atoms with Crippen molar-refractivity contribution in [2.75, 3.05) is 24.5 Å². The minimum Gasteiger partial charge on any atom is -0.296 e. The Bertz CT molecular complexity index is 5310. The van der Waals surface area contributed by atoms with Gasteiger partial charge >= 0.3 is 0 Å². The fraction of sp³-hybridized carbons (Fsp3) is 0.0233. The first-order chi connectivity index (χ1) is 48.2. The van der Waals surface area contributed by atoms with Crippen LogP contribution in [-0.4, -0.2) is 33.4 Å². The molecule has 0 spiro atoms. The van der Waals surface area contributed by atoms with Gasteiger partial charge in [0.2, 0.25) is 6.71 Å². The second-order valence-corrected chi connectivity index (χ2v) is 25.3. The molecule has 7 heterocycles. The Balaban J connectivity index is 0.976. The van der Waals surface area contributed by atoms with Gasteiger partial charge in [0.1, 0.15) is 35.4 Å². The van der Waals surface area contributed by atoms with Crippen molar-refractivity contribution in [3.05, 3.63) is 375 Å². The van der Waals surface area contributed by atoms with E-state index in [0.29, 0.717) is 0 Å². The molecule has 5 aliphatic rings. The van der Waals surface area contributed by atoms with Gasteiger partial charge < -0.3 is 0 Å². The molecule has 0 radical (unpaired) electrons. The Labute approximate surface area is 564 Å². The van der Waals surface area contributed by atoms with Crippen LogP contribution in [0, 0.1) is 0 Å². The molecule has 454 valence electrons. The fourth-order valence-corrected chi connectivity index (χ4v) is 16.3. The molecule has 14 aromatic rings. The van der Waals surface area contributed by atoms with Gasteiger partial charge in [-0.1, -0.05) is 236 Å². The predicted octanol–water partition coefficient (Wildman–Crippen LogP) is 16.6. The van der Waals surface area contributed by atoms with Crippen LogP contribution in [0.5, 0.6) is 0 Å². The van der Waals surface area contributed by atoms with Gasteiger partial charge in [0.15, 0.2) is 0 Å². The third-order valence-corrected chi connectivity index (χ3v) is 20.2. The summed E-state index contributed by atoms with van der Waals surface area (Å²) in [5.41, 5.74) is 21.9. The third-order valence-electron chi connectivity index (χ3n) is 20.2. The maximum absolute atomic E-state index is 6.15. The van der Waals surface area contributed by atoms with E-state index in [1.165, 1.54) is 38.7 Å². The van der Waals surface area contributed by atoms with E-state index >= 15 is 0 Å². The summed E-state index contributed by atoms with van der Waals surface area (Å²) < 4.78 is 0. The van der Waals surface area contributed by atoms with Gasteiger partial charge in [-0.05, 0) is 158 Å². The number of anilines is 15. The number of hydrogen-bond donors (Lipinski definition) is 0. The number of pyridine rings is 2. The monoisotopic (exact) mass is 1240 g/mol. The van der Waals surface area contributed by atoms with Crippen LogP contribution in [0.25, 0.3) is 5.57 Å². The van der Waals surface area contributed by atoms with Crippen LogP contribution >= 0.6 is 0 Å². The molecule has 2 unspecified atom stereocenters. The Morgan fingerprint density at radius 3 is 1.37 bits per heavy atom. The average Bonchev–Trinajstić information content (AvgIpc) is 1.46. The van der Waals surface area contributed by atoms with E-state index in [1.54, 1.807) is 6.33 Å². The molecule has 19 rings (SSSR count). The lowest BCUT2D eigenvalue weighted by atomic mass is 9.28. The first-order valence-electron chi connectivity index (χ1n) is 33.2. The van der Waals surface area contributed by atoms with Crippen molar-refractivity contribution < 1.29 is 0 Å². The number of hydrogen-bond acceptors (Lipinski definition) is 9. The highest BCUT2D eigenvalue weighted by Gasteiger charge is 2.55. The Morgan fingerprint density at radius 2 is 0.814 bits per heavy atom. The fourth-order valence-electron chi connectivity index (χ4n) is 16.3. The SMILES string of the molecule is C1=CC(c2ccccc2)(C2c3cc4c(cc3B3c5ccccc5N(c5ccccc5)c5nc(N(c6ccccc6)c6ccccc6)cc2c53)B2c3cncnc3N(c3ccccc3)c3cc(N(c5ccccc5)c5ccccc5)nc(c32)N4c2ccccc2)C(c2ccccc2)=C1. The summed E-state index contributed by atoms with van der Waals surface area (Å²) in [5.74, 6) is 3.68. The van der Waals surface area contributed by atoms with Crippen molar-refractivity contribution in [3.63, 3.8) is 0 Å². The molecular formula is C86H59B2N9. The summed E-state index contributed by atoms with van der Waals surface area (Å²) in [6.45, 7) is -0.680. The normalized spacial score (nSPS) is 15.7. The minimum atomic E-state index is -0.808.